The quantitative estimate of drug-likeness (QED) is 0.581. The van der Waals surface area contributed by atoms with Gasteiger partial charge >= 0.3 is 5.97 Å². The Hall–Kier alpha value is -0.870. The average Bonchev–Trinajstić information content (AvgIpc) is 2.16. The summed E-state index contributed by atoms with van der Waals surface area (Å²) in [6.07, 6.45) is 1.23. The van der Waals surface area contributed by atoms with Gasteiger partial charge in [-0.05, 0) is 6.92 Å². The van der Waals surface area contributed by atoms with Crippen LogP contribution in [0.2, 0.25) is 10.3 Å². The van der Waals surface area contributed by atoms with E-state index in [0.29, 0.717) is 5.56 Å². The van der Waals surface area contributed by atoms with E-state index in [2.05, 4.69) is 14.7 Å². The van der Waals surface area contributed by atoms with Crippen molar-refractivity contribution in [2.24, 2.45) is 0 Å². The molecule has 0 unspecified atom stereocenters. The van der Waals surface area contributed by atoms with Crippen molar-refractivity contribution in [3.05, 3.63) is 22.2 Å². The summed E-state index contributed by atoms with van der Waals surface area (Å²) in [5.41, 5.74) is 0.391. The van der Waals surface area contributed by atoms with Gasteiger partial charge in [-0.2, -0.15) is 0 Å². The van der Waals surface area contributed by atoms with E-state index in [1.54, 1.807) is 6.92 Å². The van der Waals surface area contributed by atoms with Crippen molar-refractivity contribution in [1.82, 2.24) is 9.97 Å². The van der Waals surface area contributed by atoms with Crippen LogP contribution in [-0.2, 0) is 9.53 Å². The van der Waals surface area contributed by atoms with E-state index in [0.717, 1.165) is 0 Å². The molecule has 0 fully saturated rings. The van der Waals surface area contributed by atoms with E-state index in [1.807, 2.05) is 0 Å². The summed E-state index contributed by atoms with van der Waals surface area (Å²) in [6, 6.07) is 0. The zero-order valence-electron chi connectivity index (χ0n) is 7.62. The summed E-state index contributed by atoms with van der Waals surface area (Å²) < 4.78 is 4.56. The molecular formula is C8H8Cl2N2O2. The van der Waals surface area contributed by atoms with Crippen molar-refractivity contribution < 1.29 is 9.53 Å². The van der Waals surface area contributed by atoms with Crippen LogP contribution in [0.4, 0.5) is 0 Å². The van der Waals surface area contributed by atoms with Gasteiger partial charge in [0.1, 0.15) is 16.6 Å². The third-order valence-corrected chi connectivity index (χ3v) is 2.38. The smallest absolute Gasteiger partial charge is 0.313 e. The molecule has 0 N–H and O–H groups in total. The summed E-state index contributed by atoms with van der Waals surface area (Å²) >= 11 is 11.6. The number of methoxy groups -OCH3 is 1. The Kier molecular flexibility index (Phi) is 3.66. The first-order valence-corrected chi connectivity index (χ1v) is 4.57. The number of nitrogens with zero attached hydrogens (tertiary/aromatic N) is 2. The molecule has 0 spiro atoms. The molecule has 0 aliphatic rings. The third kappa shape index (κ3) is 2.13. The van der Waals surface area contributed by atoms with E-state index < -0.39 is 11.9 Å². The zero-order chi connectivity index (χ0) is 10.7. The molecule has 0 aromatic carbocycles. The van der Waals surface area contributed by atoms with Gasteiger partial charge in [0.05, 0.1) is 13.0 Å². The van der Waals surface area contributed by atoms with Crippen molar-refractivity contribution in [2.75, 3.05) is 7.11 Å². The fraction of sp³-hybridized carbons (Fsp3) is 0.375. The number of rotatable bonds is 2. The fourth-order valence-electron chi connectivity index (χ4n) is 1.01. The predicted molar refractivity (Wildman–Crippen MR) is 52.5 cm³/mol. The van der Waals surface area contributed by atoms with Gasteiger partial charge < -0.3 is 4.74 Å². The molecule has 1 aromatic rings. The van der Waals surface area contributed by atoms with Crippen molar-refractivity contribution in [3.8, 4) is 0 Å². The van der Waals surface area contributed by atoms with Gasteiger partial charge in [0.15, 0.2) is 0 Å². The first-order chi connectivity index (χ1) is 6.57. The van der Waals surface area contributed by atoms with Gasteiger partial charge in [-0.3, -0.25) is 4.79 Å². The zero-order valence-corrected chi connectivity index (χ0v) is 9.13. The number of aromatic nitrogens is 2. The van der Waals surface area contributed by atoms with Crippen LogP contribution in [0.1, 0.15) is 18.4 Å². The minimum atomic E-state index is -0.568. The minimum Gasteiger partial charge on any atom is -0.469 e. The first kappa shape index (κ1) is 11.2. The molecule has 0 saturated carbocycles. The van der Waals surface area contributed by atoms with Crippen LogP contribution in [0.25, 0.3) is 0 Å². The van der Waals surface area contributed by atoms with Gasteiger partial charge in [-0.15, -0.1) is 0 Å². The molecule has 0 aliphatic heterocycles. The first-order valence-electron chi connectivity index (χ1n) is 3.81. The van der Waals surface area contributed by atoms with E-state index in [1.165, 1.54) is 13.4 Å². The van der Waals surface area contributed by atoms with Crippen LogP contribution in [0.15, 0.2) is 6.33 Å². The van der Waals surface area contributed by atoms with Gasteiger partial charge in [-0.25, -0.2) is 9.97 Å². The number of ether oxygens (including phenoxy) is 1. The summed E-state index contributed by atoms with van der Waals surface area (Å²) in [7, 11) is 1.30. The Morgan fingerprint density at radius 3 is 2.36 bits per heavy atom. The highest BCUT2D eigenvalue weighted by Crippen LogP contribution is 2.28. The fourth-order valence-corrected chi connectivity index (χ4v) is 1.65. The lowest BCUT2D eigenvalue weighted by atomic mass is 10.1. The summed E-state index contributed by atoms with van der Waals surface area (Å²) in [5, 5.41) is 0.339. The third-order valence-electron chi connectivity index (χ3n) is 1.77. The lowest BCUT2D eigenvalue weighted by Crippen LogP contribution is -2.12. The highest BCUT2D eigenvalue weighted by Gasteiger charge is 2.22. The SMILES string of the molecule is COC(=O)[C@@H](C)c1c(Cl)ncnc1Cl. The van der Waals surface area contributed by atoms with E-state index in [4.69, 9.17) is 23.2 Å². The molecule has 14 heavy (non-hydrogen) atoms. The van der Waals surface area contributed by atoms with Crippen LogP contribution in [0, 0.1) is 0 Å². The second-order valence-electron chi connectivity index (χ2n) is 2.61. The molecule has 0 amide bonds. The highest BCUT2D eigenvalue weighted by atomic mass is 35.5. The van der Waals surface area contributed by atoms with Gasteiger partial charge in [0, 0.05) is 5.56 Å². The Morgan fingerprint density at radius 1 is 1.43 bits per heavy atom. The maximum Gasteiger partial charge on any atom is 0.313 e. The summed E-state index contributed by atoms with van der Waals surface area (Å²) in [6.45, 7) is 1.63. The lowest BCUT2D eigenvalue weighted by Gasteiger charge is -2.10. The topological polar surface area (TPSA) is 52.1 Å². The molecule has 0 aliphatic carbocycles. The molecule has 1 atom stereocenters. The standard InChI is InChI=1S/C8H8Cl2N2O2/c1-4(8(13)14-2)5-6(9)11-3-12-7(5)10/h3-4H,1-2H3/t4-/m0/s1. The molecule has 4 nitrogen and oxygen atoms in total. The van der Waals surface area contributed by atoms with Crippen LogP contribution in [0.3, 0.4) is 0 Å². The number of hydrogen-bond donors (Lipinski definition) is 0. The van der Waals surface area contributed by atoms with Crippen molar-refractivity contribution in [1.29, 1.82) is 0 Å². The number of carbonyl (C=O) groups is 1. The molecule has 6 heteroatoms. The predicted octanol–water partition coefficient (Wildman–Crippen LogP) is 2.06. The summed E-state index contributed by atoms with van der Waals surface area (Å²) in [5.74, 6) is -0.996. The van der Waals surface area contributed by atoms with Crippen LogP contribution in [0.5, 0.6) is 0 Å². The van der Waals surface area contributed by atoms with Crippen LogP contribution in [-0.4, -0.2) is 23.0 Å². The highest BCUT2D eigenvalue weighted by molar-refractivity contribution is 6.34. The lowest BCUT2D eigenvalue weighted by molar-refractivity contribution is -0.142. The normalized spacial score (nSPS) is 12.3. The second-order valence-corrected chi connectivity index (χ2v) is 3.33. The van der Waals surface area contributed by atoms with E-state index in [9.17, 15) is 4.79 Å². The maximum absolute atomic E-state index is 11.2. The molecular weight excluding hydrogens is 227 g/mol. The molecule has 76 valence electrons. The van der Waals surface area contributed by atoms with Gasteiger partial charge in [0.2, 0.25) is 0 Å². The minimum absolute atomic E-state index is 0.169. The second kappa shape index (κ2) is 4.57. The van der Waals surface area contributed by atoms with Crippen molar-refractivity contribution in [2.45, 2.75) is 12.8 Å². The van der Waals surface area contributed by atoms with E-state index in [-0.39, 0.29) is 10.3 Å². The van der Waals surface area contributed by atoms with Crippen LogP contribution < -0.4 is 0 Å². The van der Waals surface area contributed by atoms with E-state index >= 15 is 0 Å². The number of carbonyl (C=O) groups excluding carboxylic acids is 1. The molecule has 1 rings (SSSR count). The van der Waals surface area contributed by atoms with Crippen molar-refractivity contribution in [3.63, 3.8) is 0 Å². The monoisotopic (exact) mass is 234 g/mol. The average molecular weight is 235 g/mol. The largest absolute Gasteiger partial charge is 0.469 e. The van der Waals surface area contributed by atoms with Gasteiger partial charge in [-0.1, -0.05) is 23.2 Å². The molecule has 1 aromatic heterocycles. The number of esters is 1. The van der Waals surface area contributed by atoms with Crippen LogP contribution >= 0.6 is 23.2 Å². The summed E-state index contributed by atoms with van der Waals surface area (Å²) in [4.78, 5) is 18.7. The Balaban J connectivity index is 3.11. The van der Waals surface area contributed by atoms with Gasteiger partial charge in [0.25, 0.3) is 0 Å². The molecule has 1 heterocycles. The molecule has 0 radical (unpaired) electrons. The molecule has 0 saturated heterocycles. The van der Waals surface area contributed by atoms with Crippen molar-refractivity contribution >= 4 is 29.2 Å². The Bertz CT molecular complexity index is 337. The number of hydrogen-bond acceptors (Lipinski definition) is 4. The molecule has 0 bridgehead atoms. The maximum atomic E-state index is 11.2. The number of halogens is 2. The Morgan fingerprint density at radius 2 is 1.93 bits per heavy atom. The Labute approximate surface area is 91.2 Å².